The van der Waals surface area contributed by atoms with E-state index in [0.29, 0.717) is 29.7 Å². The molecule has 0 bridgehead atoms. The van der Waals surface area contributed by atoms with Gasteiger partial charge in [0.15, 0.2) is 11.5 Å². The third kappa shape index (κ3) is 5.12. The van der Waals surface area contributed by atoms with E-state index in [4.69, 9.17) is 21.1 Å². The molecule has 0 saturated heterocycles. The van der Waals surface area contributed by atoms with E-state index in [1.807, 2.05) is 13.8 Å². The SMILES string of the molecule is CCOc1ccc(/C=N\NC(=O)c2cc(Cl)ccc2O)cc1OCC. The number of nitrogens with one attached hydrogen (secondary N) is 1. The van der Waals surface area contributed by atoms with Crippen LogP contribution in [0.15, 0.2) is 41.5 Å². The van der Waals surface area contributed by atoms with Gasteiger partial charge in [0.2, 0.25) is 0 Å². The molecule has 0 aliphatic rings. The normalized spacial score (nSPS) is 10.7. The highest BCUT2D eigenvalue weighted by Crippen LogP contribution is 2.28. The van der Waals surface area contributed by atoms with Gasteiger partial charge in [-0.15, -0.1) is 0 Å². The molecule has 2 rings (SSSR count). The Bertz CT molecular complexity index is 778. The average molecular weight is 363 g/mol. The minimum atomic E-state index is -0.563. The molecule has 6 nitrogen and oxygen atoms in total. The molecule has 1 amide bonds. The summed E-state index contributed by atoms with van der Waals surface area (Å²) in [5, 5.41) is 13.9. The van der Waals surface area contributed by atoms with Gasteiger partial charge in [-0.05, 0) is 55.8 Å². The smallest absolute Gasteiger partial charge is 0.275 e. The van der Waals surface area contributed by atoms with Crippen LogP contribution in [-0.2, 0) is 0 Å². The number of nitrogens with zero attached hydrogens (tertiary/aromatic N) is 1. The number of hydrogen-bond acceptors (Lipinski definition) is 5. The molecule has 0 aliphatic carbocycles. The molecule has 0 heterocycles. The van der Waals surface area contributed by atoms with Crippen molar-refractivity contribution in [2.75, 3.05) is 13.2 Å². The van der Waals surface area contributed by atoms with Crippen LogP contribution in [0.3, 0.4) is 0 Å². The molecule has 0 unspecified atom stereocenters. The standard InChI is InChI=1S/C18H19ClN2O4/c1-3-24-16-8-5-12(9-17(16)25-4-2)11-20-21-18(23)14-10-13(19)6-7-15(14)22/h5-11,22H,3-4H2,1-2H3,(H,21,23)/b20-11-. The summed E-state index contributed by atoms with van der Waals surface area (Å²) in [5.74, 6) is 0.519. The summed E-state index contributed by atoms with van der Waals surface area (Å²) in [6.07, 6.45) is 1.47. The Morgan fingerprint density at radius 2 is 1.88 bits per heavy atom. The van der Waals surface area contributed by atoms with E-state index >= 15 is 0 Å². The summed E-state index contributed by atoms with van der Waals surface area (Å²) in [6.45, 7) is 4.82. The summed E-state index contributed by atoms with van der Waals surface area (Å²) >= 11 is 5.82. The Morgan fingerprint density at radius 3 is 2.60 bits per heavy atom. The van der Waals surface area contributed by atoms with Crippen LogP contribution < -0.4 is 14.9 Å². The van der Waals surface area contributed by atoms with E-state index < -0.39 is 5.91 Å². The molecule has 0 spiro atoms. The molecule has 0 radical (unpaired) electrons. The number of rotatable bonds is 7. The zero-order chi connectivity index (χ0) is 18.2. The van der Waals surface area contributed by atoms with Gasteiger partial charge in [0.25, 0.3) is 5.91 Å². The molecule has 2 aromatic carbocycles. The largest absolute Gasteiger partial charge is 0.507 e. The minimum absolute atomic E-state index is 0.0475. The fraction of sp³-hybridized carbons (Fsp3) is 0.222. The lowest BCUT2D eigenvalue weighted by atomic mass is 10.2. The molecule has 132 valence electrons. The highest BCUT2D eigenvalue weighted by Gasteiger charge is 2.11. The Hall–Kier alpha value is -2.73. The molecule has 0 atom stereocenters. The van der Waals surface area contributed by atoms with E-state index in [-0.39, 0.29) is 11.3 Å². The number of hydrogen-bond donors (Lipinski definition) is 2. The quantitative estimate of drug-likeness (QED) is 0.582. The van der Waals surface area contributed by atoms with Gasteiger partial charge in [-0.1, -0.05) is 11.6 Å². The summed E-state index contributed by atoms with van der Waals surface area (Å²) in [7, 11) is 0. The Kier molecular flexibility index (Phi) is 6.65. The van der Waals surface area contributed by atoms with Gasteiger partial charge in [0.1, 0.15) is 5.75 Å². The number of amides is 1. The van der Waals surface area contributed by atoms with Crippen molar-refractivity contribution in [3.8, 4) is 17.2 Å². The van der Waals surface area contributed by atoms with Crippen molar-refractivity contribution >= 4 is 23.7 Å². The van der Waals surface area contributed by atoms with Crippen LogP contribution in [0.5, 0.6) is 17.2 Å². The van der Waals surface area contributed by atoms with Crippen molar-refractivity contribution in [3.63, 3.8) is 0 Å². The van der Waals surface area contributed by atoms with E-state index in [1.165, 1.54) is 24.4 Å². The van der Waals surface area contributed by atoms with Gasteiger partial charge in [-0.3, -0.25) is 4.79 Å². The first-order chi connectivity index (χ1) is 12.0. The van der Waals surface area contributed by atoms with Crippen molar-refractivity contribution in [3.05, 3.63) is 52.5 Å². The van der Waals surface area contributed by atoms with Crippen molar-refractivity contribution in [2.45, 2.75) is 13.8 Å². The van der Waals surface area contributed by atoms with E-state index in [9.17, 15) is 9.90 Å². The minimum Gasteiger partial charge on any atom is -0.507 e. The second-order valence-corrected chi connectivity index (χ2v) is 5.37. The van der Waals surface area contributed by atoms with Crippen LogP contribution in [0.2, 0.25) is 5.02 Å². The summed E-state index contributed by atoms with van der Waals surface area (Å²) in [4.78, 5) is 12.0. The molecule has 0 fully saturated rings. The number of phenolic OH excluding ortho intramolecular Hbond substituents is 1. The molecule has 2 N–H and O–H groups in total. The second-order valence-electron chi connectivity index (χ2n) is 4.93. The van der Waals surface area contributed by atoms with Crippen LogP contribution in [0.25, 0.3) is 0 Å². The van der Waals surface area contributed by atoms with Crippen molar-refractivity contribution in [2.24, 2.45) is 5.10 Å². The van der Waals surface area contributed by atoms with Gasteiger partial charge in [-0.25, -0.2) is 5.43 Å². The Balaban J connectivity index is 2.09. The third-order valence-corrected chi connectivity index (χ3v) is 3.39. The van der Waals surface area contributed by atoms with Crippen LogP contribution in [0.1, 0.15) is 29.8 Å². The van der Waals surface area contributed by atoms with Gasteiger partial charge < -0.3 is 14.6 Å². The monoisotopic (exact) mass is 362 g/mol. The lowest BCUT2D eigenvalue weighted by Gasteiger charge is -2.11. The number of benzene rings is 2. The molecule has 0 aromatic heterocycles. The maximum Gasteiger partial charge on any atom is 0.275 e. The predicted molar refractivity (Wildman–Crippen MR) is 97.0 cm³/mol. The number of carbonyl (C=O) groups excluding carboxylic acids is 1. The van der Waals surface area contributed by atoms with Crippen LogP contribution in [0, 0.1) is 0 Å². The number of hydrazone groups is 1. The van der Waals surface area contributed by atoms with Gasteiger partial charge in [0.05, 0.1) is 25.0 Å². The highest BCUT2D eigenvalue weighted by atomic mass is 35.5. The zero-order valence-electron chi connectivity index (χ0n) is 14.0. The zero-order valence-corrected chi connectivity index (χ0v) is 14.7. The molecule has 0 aliphatic heterocycles. The fourth-order valence-electron chi connectivity index (χ4n) is 2.06. The first kappa shape index (κ1) is 18.6. The maximum atomic E-state index is 12.0. The number of halogens is 1. The van der Waals surface area contributed by atoms with Crippen LogP contribution >= 0.6 is 11.6 Å². The Labute approximate surface area is 151 Å². The van der Waals surface area contributed by atoms with Crippen LogP contribution in [0.4, 0.5) is 0 Å². The van der Waals surface area contributed by atoms with Gasteiger partial charge >= 0.3 is 0 Å². The molecular formula is C18H19ClN2O4. The van der Waals surface area contributed by atoms with E-state index in [2.05, 4.69) is 10.5 Å². The Morgan fingerprint density at radius 1 is 1.16 bits per heavy atom. The molecule has 2 aromatic rings. The molecule has 0 saturated carbocycles. The third-order valence-electron chi connectivity index (χ3n) is 3.15. The molecule has 7 heteroatoms. The topological polar surface area (TPSA) is 80.2 Å². The first-order valence-corrected chi connectivity index (χ1v) is 8.14. The van der Waals surface area contributed by atoms with E-state index in [0.717, 1.165) is 5.56 Å². The number of carbonyl (C=O) groups is 1. The van der Waals surface area contributed by atoms with Crippen molar-refractivity contribution < 1.29 is 19.4 Å². The van der Waals surface area contributed by atoms with Gasteiger partial charge in [0, 0.05) is 5.02 Å². The lowest BCUT2D eigenvalue weighted by molar-refractivity contribution is 0.0952. The van der Waals surface area contributed by atoms with Crippen LogP contribution in [-0.4, -0.2) is 30.4 Å². The second kappa shape index (κ2) is 8.94. The highest BCUT2D eigenvalue weighted by molar-refractivity contribution is 6.31. The molecule has 25 heavy (non-hydrogen) atoms. The maximum absolute atomic E-state index is 12.0. The fourth-order valence-corrected chi connectivity index (χ4v) is 2.24. The first-order valence-electron chi connectivity index (χ1n) is 7.76. The summed E-state index contributed by atoms with van der Waals surface area (Å²) < 4.78 is 11.0. The van der Waals surface area contributed by atoms with E-state index in [1.54, 1.807) is 18.2 Å². The lowest BCUT2D eigenvalue weighted by Crippen LogP contribution is -2.17. The van der Waals surface area contributed by atoms with Crippen molar-refractivity contribution in [1.82, 2.24) is 5.43 Å². The predicted octanol–water partition coefficient (Wildman–Crippen LogP) is 3.61. The molecular weight excluding hydrogens is 344 g/mol. The number of aromatic hydroxyl groups is 1. The number of ether oxygens (including phenoxy) is 2. The summed E-state index contributed by atoms with van der Waals surface area (Å²) in [6, 6.07) is 9.54. The number of phenols is 1. The average Bonchev–Trinajstić information content (AvgIpc) is 2.59. The van der Waals surface area contributed by atoms with Crippen molar-refractivity contribution in [1.29, 1.82) is 0 Å². The summed E-state index contributed by atoms with van der Waals surface area (Å²) in [5.41, 5.74) is 3.12. The van der Waals surface area contributed by atoms with Gasteiger partial charge in [-0.2, -0.15) is 5.10 Å².